The fraction of sp³-hybridized carbons (Fsp3) is 0.818. The number of unbranched alkanes of at least 4 members (excludes halogenated alkanes) is 1. The number of hydrogen-bond donors (Lipinski definition) is 3. The Bertz CT molecular complexity index is 724. The molecule has 0 bridgehead atoms. The molecular weight excluding hydrogens is 491 g/mol. The highest BCUT2D eigenvalue weighted by Gasteiger charge is 2.41. The quantitative estimate of drug-likeness (QED) is 0.176. The third kappa shape index (κ3) is 13.5. The molecule has 1 unspecified atom stereocenters. The van der Waals surface area contributed by atoms with Gasteiger partial charge in [0.25, 0.3) is 0 Å². The molecule has 0 fully saturated rings. The van der Waals surface area contributed by atoms with Crippen LogP contribution in [0.25, 0.3) is 0 Å². The molecule has 0 aliphatic rings. The van der Waals surface area contributed by atoms with Gasteiger partial charge in [0, 0.05) is 27.2 Å². The lowest BCUT2D eigenvalue weighted by atomic mass is 9.97. The normalized spacial score (nSPS) is 14.4. The fourth-order valence-corrected chi connectivity index (χ4v) is 3.06. The Balaban J connectivity index is 5.02. The van der Waals surface area contributed by atoms with E-state index in [-0.39, 0.29) is 32.2 Å². The number of nitrogens with one attached hydrogen (secondary N) is 3. The number of carbonyl (C=O) groups excluding carboxylic acids is 4. The van der Waals surface area contributed by atoms with Gasteiger partial charge in [0.05, 0.1) is 7.11 Å². The van der Waals surface area contributed by atoms with Gasteiger partial charge in [0.2, 0.25) is 5.91 Å². The molecule has 0 aliphatic heterocycles. The van der Waals surface area contributed by atoms with Gasteiger partial charge in [-0.3, -0.25) is 9.59 Å². The summed E-state index contributed by atoms with van der Waals surface area (Å²) < 4.78 is 57.5. The van der Waals surface area contributed by atoms with Crippen molar-refractivity contribution in [2.24, 2.45) is 5.92 Å². The Morgan fingerprint density at radius 2 is 1.50 bits per heavy atom. The molecular formula is C22H38F3N3O8. The summed E-state index contributed by atoms with van der Waals surface area (Å²) in [6, 6.07) is -2.48. The number of halogens is 3. The SMILES string of the molecule is COC(=O)[C@H](CCCCNC(=O)C(NC(=O)OC(C)(C)C)[C@H](C)CC(OC)OC)NC(=O)C(F)(F)F. The molecule has 0 aromatic heterocycles. The molecule has 0 aromatic rings. The van der Waals surface area contributed by atoms with E-state index < -0.39 is 59.9 Å². The number of ether oxygens (including phenoxy) is 4. The first-order valence-corrected chi connectivity index (χ1v) is 11.3. The molecule has 36 heavy (non-hydrogen) atoms. The van der Waals surface area contributed by atoms with Gasteiger partial charge in [-0.1, -0.05) is 6.92 Å². The number of carbonyl (C=O) groups is 4. The first kappa shape index (κ1) is 33.4. The molecule has 0 aliphatic carbocycles. The number of rotatable bonds is 14. The largest absolute Gasteiger partial charge is 0.471 e. The number of hydrogen-bond acceptors (Lipinski definition) is 8. The van der Waals surface area contributed by atoms with Crippen LogP contribution in [0.4, 0.5) is 18.0 Å². The Morgan fingerprint density at radius 3 is 1.97 bits per heavy atom. The zero-order valence-corrected chi connectivity index (χ0v) is 21.7. The summed E-state index contributed by atoms with van der Waals surface area (Å²) in [5, 5.41) is 6.79. The average molecular weight is 530 g/mol. The van der Waals surface area contributed by atoms with E-state index in [1.807, 2.05) is 0 Å². The molecule has 14 heteroatoms. The van der Waals surface area contributed by atoms with Crippen LogP contribution in [0.3, 0.4) is 0 Å². The second kappa shape index (κ2) is 15.5. The summed E-state index contributed by atoms with van der Waals surface area (Å²) in [7, 11) is 3.87. The van der Waals surface area contributed by atoms with Crippen LogP contribution in [0.15, 0.2) is 0 Å². The van der Waals surface area contributed by atoms with Gasteiger partial charge in [0.15, 0.2) is 6.29 Å². The van der Waals surface area contributed by atoms with Gasteiger partial charge in [-0.2, -0.15) is 13.2 Å². The zero-order chi connectivity index (χ0) is 28.1. The predicted octanol–water partition coefficient (Wildman–Crippen LogP) is 2.03. The summed E-state index contributed by atoms with van der Waals surface area (Å²) >= 11 is 0. The number of amides is 3. The number of esters is 1. The minimum Gasteiger partial charge on any atom is -0.467 e. The van der Waals surface area contributed by atoms with E-state index in [4.69, 9.17) is 14.2 Å². The van der Waals surface area contributed by atoms with E-state index in [1.165, 1.54) is 14.2 Å². The second-order valence-corrected chi connectivity index (χ2v) is 9.07. The summed E-state index contributed by atoms with van der Waals surface area (Å²) in [6.07, 6.45) is -5.94. The monoisotopic (exact) mass is 529 g/mol. The number of alkyl halides is 3. The molecule has 3 N–H and O–H groups in total. The molecule has 3 amide bonds. The first-order chi connectivity index (χ1) is 16.5. The Labute approximate surface area is 209 Å². The molecule has 0 spiro atoms. The van der Waals surface area contributed by atoms with Crippen molar-refractivity contribution in [3.8, 4) is 0 Å². The van der Waals surface area contributed by atoms with Crippen LogP contribution in [-0.4, -0.2) is 81.9 Å². The molecule has 0 saturated heterocycles. The fourth-order valence-electron chi connectivity index (χ4n) is 3.06. The highest BCUT2D eigenvalue weighted by Crippen LogP contribution is 2.17. The minimum atomic E-state index is -5.14. The van der Waals surface area contributed by atoms with E-state index in [0.717, 1.165) is 7.11 Å². The Kier molecular flexibility index (Phi) is 14.4. The van der Waals surface area contributed by atoms with Gasteiger partial charge >= 0.3 is 24.1 Å². The maximum Gasteiger partial charge on any atom is 0.471 e. The maximum atomic E-state index is 12.8. The summed E-state index contributed by atoms with van der Waals surface area (Å²) in [5.74, 6) is -4.21. The van der Waals surface area contributed by atoms with Gasteiger partial charge in [0.1, 0.15) is 17.7 Å². The van der Waals surface area contributed by atoms with Crippen molar-refractivity contribution in [2.75, 3.05) is 27.9 Å². The molecule has 11 nitrogen and oxygen atoms in total. The van der Waals surface area contributed by atoms with Gasteiger partial charge in [-0.15, -0.1) is 0 Å². The lowest BCUT2D eigenvalue weighted by Crippen LogP contribution is -2.52. The molecule has 0 aromatic carbocycles. The summed E-state index contributed by atoms with van der Waals surface area (Å²) in [4.78, 5) is 48.0. The molecule has 210 valence electrons. The van der Waals surface area contributed by atoms with Crippen molar-refractivity contribution in [1.82, 2.24) is 16.0 Å². The Morgan fingerprint density at radius 1 is 0.917 bits per heavy atom. The minimum absolute atomic E-state index is 0.0944. The lowest BCUT2D eigenvalue weighted by molar-refractivity contribution is -0.175. The lowest BCUT2D eigenvalue weighted by Gasteiger charge is -2.28. The van der Waals surface area contributed by atoms with Crippen LogP contribution in [0, 0.1) is 5.92 Å². The molecule has 0 rings (SSSR count). The van der Waals surface area contributed by atoms with Crippen molar-refractivity contribution in [3.05, 3.63) is 0 Å². The van der Waals surface area contributed by atoms with E-state index in [9.17, 15) is 32.3 Å². The van der Waals surface area contributed by atoms with Crippen LogP contribution >= 0.6 is 0 Å². The number of alkyl carbamates (subject to hydrolysis) is 1. The second-order valence-electron chi connectivity index (χ2n) is 9.07. The van der Waals surface area contributed by atoms with Crippen LogP contribution in [-0.2, 0) is 33.3 Å². The van der Waals surface area contributed by atoms with Crippen LogP contribution in [0.2, 0.25) is 0 Å². The molecule has 0 radical (unpaired) electrons. The Hall–Kier alpha value is -2.61. The standard InChI is InChI=1S/C22H38F3N3O8/c1-13(12-15(33-5)34-6)16(28-20(32)36-21(2,3)4)17(29)26-11-9-8-10-14(18(30)35-7)27-19(31)22(23,24)25/h13-16H,8-12H2,1-7H3,(H,26,29)(H,27,31)(H,28,32)/t13-,14+,16?/m1/s1. The summed E-state index contributed by atoms with van der Waals surface area (Å²) in [6.45, 7) is 6.84. The van der Waals surface area contributed by atoms with Crippen molar-refractivity contribution in [1.29, 1.82) is 0 Å². The smallest absolute Gasteiger partial charge is 0.467 e. The predicted molar refractivity (Wildman–Crippen MR) is 122 cm³/mol. The van der Waals surface area contributed by atoms with Gasteiger partial charge in [-0.05, 0) is 46.0 Å². The third-order valence-electron chi connectivity index (χ3n) is 4.88. The first-order valence-electron chi connectivity index (χ1n) is 11.3. The number of methoxy groups -OCH3 is 3. The highest BCUT2D eigenvalue weighted by molar-refractivity contribution is 5.87. The van der Waals surface area contributed by atoms with E-state index in [0.29, 0.717) is 0 Å². The van der Waals surface area contributed by atoms with Crippen LogP contribution < -0.4 is 16.0 Å². The third-order valence-corrected chi connectivity index (χ3v) is 4.88. The van der Waals surface area contributed by atoms with E-state index in [2.05, 4.69) is 15.4 Å². The van der Waals surface area contributed by atoms with Crippen LogP contribution in [0.5, 0.6) is 0 Å². The molecule has 3 atom stereocenters. The zero-order valence-electron chi connectivity index (χ0n) is 21.7. The van der Waals surface area contributed by atoms with Crippen LogP contribution in [0.1, 0.15) is 53.4 Å². The van der Waals surface area contributed by atoms with E-state index in [1.54, 1.807) is 33.0 Å². The van der Waals surface area contributed by atoms with Crippen molar-refractivity contribution < 1.29 is 51.3 Å². The maximum absolute atomic E-state index is 12.8. The molecule has 0 saturated carbocycles. The highest BCUT2D eigenvalue weighted by atomic mass is 19.4. The van der Waals surface area contributed by atoms with Gasteiger partial charge in [-0.25, -0.2) is 9.59 Å². The molecule has 0 heterocycles. The topological polar surface area (TPSA) is 141 Å². The van der Waals surface area contributed by atoms with E-state index >= 15 is 0 Å². The van der Waals surface area contributed by atoms with Crippen molar-refractivity contribution in [2.45, 2.75) is 83.5 Å². The van der Waals surface area contributed by atoms with Crippen molar-refractivity contribution in [3.63, 3.8) is 0 Å². The summed E-state index contributed by atoms with van der Waals surface area (Å²) in [5.41, 5.74) is -0.784. The average Bonchev–Trinajstić information content (AvgIpc) is 2.77. The van der Waals surface area contributed by atoms with Crippen molar-refractivity contribution >= 4 is 23.9 Å². The van der Waals surface area contributed by atoms with Gasteiger partial charge < -0.3 is 34.9 Å².